The van der Waals surface area contributed by atoms with Crippen LogP contribution in [0.1, 0.15) is 23.7 Å². The number of H-pyrrole nitrogens is 1. The summed E-state index contributed by atoms with van der Waals surface area (Å²) >= 11 is 0. The highest BCUT2D eigenvalue weighted by Gasteiger charge is 2.34. The molecule has 0 aliphatic carbocycles. The lowest BCUT2D eigenvalue weighted by atomic mass is 10.1. The number of alkyl halides is 3. The number of rotatable bonds is 1. The Kier molecular flexibility index (Phi) is 2.32. The van der Waals surface area contributed by atoms with Gasteiger partial charge in [0.05, 0.1) is 5.56 Å². The zero-order valence-electron chi connectivity index (χ0n) is 6.87. The molecule has 1 rings (SSSR count). The number of aromatic nitrogens is 1. The standard InChI is InChI=1S/C8H7F3N2/c1-2-5-6(8(9,10)11)4-13-7(5)3-12/h4,13H,2H2,1H3. The van der Waals surface area contributed by atoms with Gasteiger partial charge in [0.15, 0.2) is 0 Å². The first kappa shape index (κ1) is 9.65. The third kappa shape index (κ3) is 1.66. The second-order valence-corrected chi connectivity index (χ2v) is 2.52. The van der Waals surface area contributed by atoms with Crippen LogP contribution in [0.15, 0.2) is 6.20 Å². The predicted molar refractivity (Wildman–Crippen MR) is 39.9 cm³/mol. The van der Waals surface area contributed by atoms with E-state index in [0.29, 0.717) is 0 Å². The van der Waals surface area contributed by atoms with E-state index in [2.05, 4.69) is 4.98 Å². The predicted octanol–water partition coefficient (Wildman–Crippen LogP) is 2.47. The maximum atomic E-state index is 12.3. The molecular weight excluding hydrogens is 181 g/mol. The number of hydrogen-bond acceptors (Lipinski definition) is 1. The monoisotopic (exact) mass is 188 g/mol. The summed E-state index contributed by atoms with van der Waals surface area (Å²) < 4.78 is 36.8. The van der Waals surface area contributed by atoms with E-state index in [1.807, 2.05) is 0 Å². The lowest BCUT2D eigenvalue weighted by Gasteiger charge is -2.05. The van der Waals surface area contributed by atoms with Gasteiger partial charge in [0.1, 0.15) is 11.8 Å². The van der Waals surface area contributed by atoms with Gasteiger partial charge in [0.25, 0.3) is 0 Å². The number of nitrogens with zero attached hydrogens (tertiary/aromatic N) is 1. The Morgan fingerprint density at radius 2 is 2.15 bits per heavy atom. The van der Waals surface area contributed by atoms with Crippen molar-refractivity contribution in [2.24, 2.45) is 0 Å². The van der Waals surface area contributed by atoms with E-state index < -0.39 is 11.7 Å². The molecule has 0 aromatic carbocycles. The number of halogens is 3. The van der Waals surface area contributed by atoms with Crippen molar-refractivity contribution in [1.29, 1.82) is 5.26 Å². The van der Waals surface area contributed by atoms with Gasteiger partial charge in [-0.2, -0.15) is 18.4 Å². The Bertz CT molecular complexity index is 343. The van der Waals surface area contributed by atoms with Crippen molar-refractivity contribution in [3.05, 3.63) is 23.0 Å². The zero-order valence-corrected chi connectivity index (χ0v) is 6.87. The van der Waals surface area contributed by atoms with Gasteiger partial charge in [-0.05, 0) is 12.0 Å². The molecular formula is C8H7F3N2. The first-order chi connectivity index (χ1) is 6.00. The summed E-state index contributed by atoms with van der Waals surface area (Å²) in [6.45, 7) is 1.58. The van der Waals surface area contributed by atoms with E-state index in [1.165, 1.54) is 0 Å². The molecule has 2 nitrogen and oxygen atoms in total. The fourth-order valence-electron chi connectivity index (χ4n) is 1.17. The molecule has 0 unspecified atom stereocenters. The molecule has 0 saturated carbocycles. The largest absolute Gasteiger partial charge is 0.418 e. The van der Waals surface area contributed by atoms with Gasteiger partial charge in [0.2, 0.25) is 0 Å². The van der Waals surface area contributed by atoms with E-state index in [0.717, 1.165) is 6.20 Å². The summed E-state index contributed by atoms with van der Waals surface area (Å²) in [5.74, 6) is 0. The minimum Gasteiger partial charge on any atom is -0.352 e. The second-order valence-electron chi connectivity index (χ2n) is 2.52. The van der Waals surface area contributed by atoms with Crippen LogP contribution in [-0.4, -0.2) is 4.98 Å². The van der Waals surface area contributed by atoms with Crippen molar-refractivity contribution in [1.82, 2.24) is 4.98 Å². The molecule has 5 heteroatoms. The summed E-state index contributed by atoms with van der Waals surface area (Å²) in [6.07, 6.45) is -3.35. The molecule has 0 aliphatic rings. The average molecular weight is 188 g/mol. The van der Waals surface area contributed by atoms with Crippen LogP contribution in [0.4, 0.5) is 13.2 Å². The highest BCUT2D eigenvalue weighted by atomic mass is 19.4. The number of aromatic amines is 1. The molecule has 0 radical (unpaired) electrons. The molecule has 1 aromatic rings. The molecule has 1 N–H and O–H groups in total. The van der Waals surface area contributed by atoms with Gasteiger partial charge in [-0.25, -0.2) is 0 Å². The average Bonchev–Trinajstić information content (AvgIpc) is 2.45. The van der Waals surface area contributed by atoms with Crippen LogP contribution < -0.4 is 0 Å². The molecule has 1 aromatic heterocycles. The topological polar surface area (TPSA) is 39.6 Å². The van der Waals surface area contributed by atoms with Crippen LogP contribution in [0, 0.1) is 11.3 Å². The first-order valence-corrected chi connectivity index (χ1v) is 3.68. The Balaban J connectivity index is 3.26. The van der Waals surface area contributed by atoms with Crippen molar-refractivity contribution in [2.45, 2.75) is 19.5 Å². The Morgan fingerprint density at radius 3 is 2.54 bits per heavy atom. The van der Waals surface area contributed by atoms with Crippen LogP contribution in [-0.2, 0) is 12.6 Å². The number of hydrogen-bond donors (Lipinski definition) is 1. The SMILES string of the molecule is CCc1c(C(F)(F)F)c[nH]c1C#N. The number of nitriles is 1. The highest BCUT2D eigenvalue weighted by Crippen LogP contribution is 2.33. The Morgan fingerprint density at radius 1 is 1.54 bits per heavy atom. The van der Waals surface area contributed by atoms with Gasteiger partial charge in [-0.1, -0.05) is 6.92 Å². The smallest absolute Gasteiger partial charge is 0.352 e. The quantitative estimate of drug-likeness (QED) is 0.722. The minimum absolute atomic E-state index is 0.00479. The molecule has 0 amide bonds. The van der Waals surface area contributed by atoms with E-state index in [-0.39, 0.29) is 17.7 Å². The third-order valence-electron chi connectivity index (χ3n) is 1.76. The number of nitrogens with one attached hydrogen (secondary N) is 1. The lowest BCUT2D eigenvalue weighted by Crippen LogP contribution is -2.06. The summed E-state index contributed by atoms with van der Waals surface area (Å²) in [5.41, 5.74) is -0.712. The summed E-state index contributed by atoms with van der Waals surface area (Å²) in [6, 6.07) is 1.68. The highest BCUT2D eigenvalue weighted by molar-refractivity contribution is 5.39. The minimum atomic E-state index is -4.38. The molecule has 1 heterocycles. The van der Waals surface area contributed by atoms with Crippen molar-refractivity contribution in [2.75, 3.05) is 0 Å². The molecule has 0 aliphatic heterocycles. The van der Waals surface area contributed by atoms with Gasteiger partial charge in [-0.15, -0.1) is 0 Å². The van der Waals surface area contributed by atoms with Crippen LogP contribution >= 0.6 is 0 Å². The summed E-state index contributed by atoms with van der Waals surface area (Å²) in [7, 11) is 0. The van der Waals surface area contributed by atoms with Crippen molar-refractivity contribution >= 4 is 0 Å². The molecule has 0 atom stereocenters. The van der Waals surface area contributed by atoms with E-state index in [9.17, 15) is 13.2 Å². The summed E-state index contributed by atoms with van der Waals surface area (Å²) in [5, 5.41) is 8.48. The fourth-order valence-corrected chi connectivity index (χ4v) is 1.17. The molecule has 70 valence electrons. The molecule has 0 bridgehead atoms. The van der Waals surface area contributed by atoms with Crippen molar-refractivity contribution < 1.29 is 13.2 Å². The van der Waals surface area contributed by atoms with Crippen LogP contribution in [0.25, 0.3) is 0 Å². The van der Waals surface area contributed by atoms with Crippen molar-refractivity contribution in [3.8, 4) is 6.07 Å². The fraction of sp³-hybridized carbons (Fsp3) is 0.375. The van der Waals surface area contributed by atoms with Gasteiger partial charge >= 0.3 is 6.18 Å². The first-order valence-electron chi connectivity index (χ1n) is 3.68. The molecule has 13 heavy (non-hydrogen) atoms. The molecule has 0 saturated heterocycles. The van der Waals surface area contributed by atoms with E-state index in [4.69, 9.17) is 5.26 Å². The zero-order chi connectivity index (χ0) is 10.1. The Labute approximate surface area is 73.0 Å². The molecule has 0 spiro atoms. The van der Waals surface area contributed by atoms with Crippen LogP contribution in [0.3, 0.4) is 0 Å². The lowest BCUT2D eigenvalue weighted by molar-refractivity contribution is -0.138. The van der Waals surface area contributed by atoms with E-state index >= 15 is 0 Å². The maximum absolute atomic E-state index is 12.3. The maximum Gasteiger partial charge on any atom is 0.418 e. The Hall–Kier alpha value is -1.44. The van der Waals surface area contributed by atoms with Crippen LogP contribution in [0.2, 0.25) is 0 Å². The van der Waals surface area contributed by atoms with E-state index in [1.54, 1.807) is 13.0 Å². The van der Waals surface area contributed by atoms with Gasteiger partial charge < -0.3 is 4.98 Å². The second kappa shape index (κ2) is 3.13. The van der Waals surface area contributed by atoms with Gasteiger partial charge in [0, 0.05) is 6.20 Å². The normalized spacial score (nSPS) is 11.3. The van der Waals surface area contributed by atoms with Crippen LogP contribution in [0.5, 0.6) is 0 Å². The van der Waals surface area contributed by atoms with Gasteiger partial charge in [-0.3, -0.25) is 0 Å². The summed E-state index contributed by atoms with van der Waals surface area (Å²) in [4.78, 5) is 2.30. The molecule has 0 fully saturated rings. The third-order valence-corrected chi connectivity index (χ3v) is 1.76. The van der Waals surface area contributed by atoms with Crippen molar-refractivity contribution in [3.63, 3.8) is 0 Å².